The van der Waals surface area contributed by atoms with Gasteiger partial charge in [0.2, 0.25) is 0 Å². The number of hydrogen-bond donors (Lipinski definition) is 1. The summed E-state index contributed by atoms with van der Waals surface area (Å²) >= 11 is 0. The second kappa shape index (κ2) is 5.27. The number of nitrogens with two attached hydrogens (primary N) is 1. The lowest BCUT2D eigenvalue weighted by atomic mass is 10.1. The highest BCUT2D eigenvalue weighted by Gasteiger charge is 2.17. The van der Waals surface area contributed by atoms with E-state index in [1.807, 2.05) is 0 Å². The molecule has 0 unspecified atom stereocenters. The molecule has 0 amide bonds. The molecule has 96 valence electrons. The van der Waals surface area contributed by atoms with Gasteiger partial charge in [-0.1, -0.05) is 31.2 Å². The van der Waals surface area contributed by atoms with Crippen molar-refractivity contribution in [1.29, 1.82) is 0 Å². The van der Waals surface area contributed by atoms with Crippen LogP contribution in [-0.2, 0) is 13.1 Å². The topological polar surface area (TPSA) is 56.7 Å². The van der Waals surface area contributed by atoms with Gasteiger partial charge in [-0.3, -0.25) is 0 Å². The molecule has 0 bridgehead atoms. The van der Waals surface area contributed by atoms with E-state index in [-0.39, 0.29) is 12.4 Å². The van der Waals surface area contributed by atoms with Crippen molar-refractivity contribution in [2.24, 2.45) is 11.7 Å². The molecule has 0 saturated carbocycles. The molecule has 0 atom stereocenters. The standard InChI is InChI=1S/C13H17FN4/c1-9(2)8-18-13(12(7-15)16-17-18)10-5-3-4-6-11(10)14/h3-6,9H,7-8,15H2,1-2H3. The monoisotopic (exact) mass is 248 g/mol. The Kier molecular flexibility index (Phi) is 3.72. The highest BCUT2D eigenvalue weighted by Crippen LogP contribution is 2.25. The molecule has 0 aliphatic rings. The average molecular weight is 248 g/mol. The van der Waals surface area contributed by atoms with E-state index in [1.165, 1.54) is 6.07 Å². The summed E-state index contributed by atoms with van der Waals surface area (Å²) in [5.41, 5.74) is 7.46. The van der Waals surface area contributed by atoms with Gasteiger partial charge in [0, 0.05) is 18.7 Å². The molecule has 1 aromatic heterocycles. The molecular formula is C13H17FN4. The van der Waals surface area contributed by atoms with Crippen LogP contribution in [0.3, 0.4) is 0 Å². The summed E-state index contributed by atoms with van der Waals surface area (Å²) < 4.78 is 15.6. The predicted octanol–water partition coefficient (Wildman–Crippen LogP) is 2.20. The minimum atomic E-state index is -0.278. The van der Waals surface area contributed by atoms with Crippen molar-refractivity contribution in [2.75, 3.05) is 0 Å². The summed E-state index contributed by atoms with van der Waals surface area (Å²) in [6, 6.07) is 6.62. The van der Waals surface area contributed by atoms with Crippen molar-refractivity contribution in [3.63, 3.8) is 0 Å². The van der Waals surface area contributed by atoms with E-state index in [0.717, 1.165) is 0 Å². The lowest BCUT2D eigenvalue weighted by molar-refractivity contribution is 0.474. The molecule has 1 heterocycles. The van der Waals surface area contributed by atoms with Crippen LogP contribution in [0.25, 0.3) is 11.3 Å². The van der Waals surface area contributed by atoms with Crippen molar-refractivity contribution in [3.05, 3.63) is 35.8 Å². The molecule has 0 spiro atoms. The third-order valence-corrected chi connectivity index (χ3v) is 2.67. The number of benzene rings is 1. The van der Waals surface area contributed by atoms with E-state index < -0.39 is 0 Å². The van der Waals surface area contributed by atoms with Gasteiger partial charge in [-0.05, 0) is 18.1 Å². The van der Waals surface area contributed by atoms with Crippen molar-refractivity contribution in [3.8, 4) is 11.3 Å². The summed E-state index contributed by atoms with van der Waals surface area (Å²) in [6.45, 7) is 5.10. The first-order valence-corrected chi connectivity index (χ1v) is 6.00. The van der Waals surface area contributed by atoms with E-state index in [4.69, 9.17) is 5.73 Å². The first kappa shape index (κ1) is 12.7. The number of nitrogens with zero attached hydrogens (tertiary/aromatic N) is 3. The molecule has 2 rings (SSSR count). The van der Waals surface area contributed by atoms with Gasteiger partial charge in [-0.15, -0.1) is 5.10 Å². The number of hydrogen-bond acceptors (Lipinski definition) is 3. The van der Waals surface area contributed by atoms with Gasteiger partial charge in [0.1, 0.15) is 11.5 Å². The summed E-state index contributed by atoms with van der Waals surface area (Å²) in [5, 5.41) is 8.09. The largest absolute Gasteiger partial charge is 0.325 e. The van der Waals surface area contributed by atoms with Gasteiger partial charge >= 0.3 is 0 Å². The highest BCUT2D eigenvalue weighted by molar-refractivity contribution is 5.62. The number of rotatable bonds is 4. The maximum Gasteiger partial charge on any atom is 0.132 e. The Labute approximate surface area is 106 Å². The zero-order chi connectivity index (χ0) is 13.1. The van der Waals surface area contributed by atoms with E-state index in [9.17, 15) is 4.39 Å². The summed E-state index contributed by atoms with van der Waals surface area (Å²) in [7, 11) is 0. The molecular weight excluding hydrogens is 231 g/mol. The summed E-state index contributed by atoms with van der Waals surface area (Å²) in [5.74, 6) is 0.127. The fraction of sp³-hybridized carbons (Fsp3) is 0.385. The Morgan fingerprint density at radius 3 is 2.67 bits per heavy atom. The molecule has 0 fully saturated rings. The van der Waals surface area contributed by atoms with Gasteiger partial charge in [0.25, 0.3) is 0 Å². The molecule has 0 saturated heterocycles. The van der Waals surface area contributed by atoms with Crippen molar-refractivity contribution >= 4 is 0 Å². The summed E-state index contributed by atoms with van der Waals surface area (Å²) in [6.07, 6.45) is 0. The average Bonchev–Trinajstić information content (AvgIpc) is 2.72. The molecule has 2 aromatic rings. The lowest BCUT2D eigenvalue weighted by Gasteiger charge is -2.10. The lowest BCUT2D eigenvalue weighted by Crippen LogP contribution is -2.09. The normalized spacial score (nSPS) is 11.2. The predicted molar refractivity (Wildman–Crippen MR) is 68.1 cm³/mol. The molecule has 0 radical (unpaired) electrons. The molecule has 2 N–H and O–H groups in total. The van der Waals surface area contributed by atoms with E-state index in [0.29, 0.717) is 29.4 Å². The van der Waals surface area contributed by atoms with Crippen molar-refractivity contribution in [1.82, 2.24) is 15.0 Å². The maximum atomic E-state index is 13.9. The Bertz CT molecular complexity index is 534. The molecule has 1 aromatic carbocycles. The van der Waals surface area contributed by atoms with Gasteiger partial charge in [0.15, 0.2) is 0 Å². The van der Waals surface area contributed by atoms with Gasteiger partial charge < -0.3 is 5.73 Å². The SMILES string of the molecule is CC(C)Cn1nnc(CN)c1-c1ccccc1F. The second-order valence-corrected chi connectivity index (χ2v) is 4.64. The Hall–Kier alpha value is -1.75. The fourth-order valence-electron chi connectivity index (χ4n) is 1.91. The molecule has 18 heavy (non-hydrogen) atoms. The van der Waals surface area contributed by atoms with Crippen molar-refractivity contribution in [2.45, 2.75) is 26.9 Å². The van der Waals surface area contributed by atoms with Crippen LogP contribution in [-0.4, -0.2) is 15.0 Å². The maximum absolute atomic E-state index is 13.9. The minimum Gasteiger partial charge on any atom is -0.325 e. The highest BCUT2D eigenvalue weighted by atomic mass is 19.1. The Morgan fingerprint density at radius 2 is 2.06 bits per heavy atom. The Balaban J connectivity index is 2.54. The molecule has 0 aliphatic heterocycles. The van der Waals surface area contributed by atoms with Crippen LogP contribution in [0.4, 0.5) is 4.39 Å². The Morgan fingerprint density at radius 1 is 1.33 bits per heavy atom. The first-order valence-electron chi connectivity index (χ1n) is 6.00. The van der Waals surface area contributed by atoms with Gasteiger partial charge in [-0.2, -0.15) is 0 Å². The molecule has 4 nitrogen and oxygen atoms in total. The number of aromatic nitrogens is 3. The van der Waals surface area contributed by atoms with Crippen LogP contribution in [0.2, 0.25) is 0 Å². The van der Waals surface area contributed by atoms with Crippen LogP contribution >= 0.6 is 0 Å². The van der Waals surface area contributed by atoms with E-state index >= 15 is 0 Å². The third-order valence-electron chi connectivity index (χ3n) is 2.67. The van der Waals surface area contributed by atoms with Gasteiger partial charge in [-0.25, -0.2) is 9.07 Å². The van der Waals surface area contributed by atoms with Crippen LogP contribution in [0.1, 0.15) is 19.5 Å². The van der Waals surface area contributed by atoms with Gasteiger partial charge in [0.05, 0.1) is 5.69 Å². The summed E-state index contributed by atoms with van der Waals surface area (Å²) in [4.78, 5) is 0. The zero-order valence-electron chi connectivity index (χ0n) is 10.6. The smallest absolute Gasteiger partial charge is 0.132 e. The first-order chi connectivity index (χ1) is 8.63. The van der Waals surface area contributed by atoms with E-state index in [1.54, 1.807) is 22.9 Å². The quantitative estimate of drug-likeness (QED) is 0.902. The van der Waals surface area contributed by atoms with Crippen LogP contribution in [0, 0.1) is 11.7 Å². The fourth-order valence-corrected chi connectivity index (χ4v) is 1.91. The molecule has 0 aliphatic carbocycles. The minimum absolute atomic E-state index is 0.252. The van der Waals surface area contributed by atoms with Crippen LogP contribution < -0.4 is 5.73 Å². The van der Waals surface area contributed by atoms with E-state index in [2.05, 4.69) is 24.2 Å². The second-order valence-electron chi connectivity index (χ2n) is 4.64. The van der Waals surface area contributed by atoms with Crippen molar-refractivity contribution < 1.29 is 4.39 Å². The van der Waals surface area contributed by atoms with Crippen LogP contribution in [0.5, 0.6) is 0 Å². The number of halogens is 1. The third kappa shape index (κ3) is 2.41. The van der Waals surface area contributed by atoms with Crippen LogP contribution in [0.15, 0.2) is 24.3 Å². The zero-order valence-corrected chi connectivity index (χ0v) is 10.6. The molecule has 5 heteroatoms.